The summed E-state index contributed by atoms with van der Waals surface area (Å²) in [6, 6.07) is 1.99. The van der Waals surface area contributed by atoms with Gasteiger partial charge in [-0.3, -0.25) is 9.48 Å². The van der Waals surface area contributed by atoms with Crippen LogP contribution in [0, 0.1) is 6.92 Å². The molecule has 3 rings (SSSR count). The monoisotopic (exact) mass is 289 g/mol. The molecule has 7 nitrogen and oxygen atoms in total. The number of nitrogens with zero attached hydrogens (tertiary/aromatic N) is 5. The first-order valence-electron chi connectivity index (χ1n) is 7.29. The number of hydrogen-bond acceptors (Lipinski definition) is 5. The summed E-state index contributed by atoms with van der Waals surface area (Å²) in [4.78, 5) is 18.2. The lowest BCUT2D eigenvalue weighted by Gasteiger charge is -2.23. The third-order valence-corrected chi connectivity index (χ3v) is 3.81. The molecular formula is C14H19N5O2. The van der Waals surface area contributed by atoms with Gasteiger partial charge >= 0.3 is 0 Å². The standard InChI is InChI=1S/C14H19N5O2/c1-11-8-12(17-21-11)13-4-2-7-19(13)14(20)5-3-6-18-10-15-9-16-18/h8-10,13H,2-7H2,1H3/t13-/m1/s1. The predicted molar refractivity (Wildman–Crippen MR) is 74.2 cm³/mol. The molecule has 1 aliphatic heterocycles. The van der Waals surface area contributed by atoms with Crippen molar-refractivity contribution in [3.05, 3.63) is 30.2 Å². The molecule has 7 heteroatoms. The topological polar surface area (TPSA) is 77.1 Å². The Morgan fingerprint density at radius 3 is 3.14 bits per heavy atom. The molecule has 2 aromatic rings. The van der Waals surface area contributed by atoms with Crippen LogP contribution in [0.4, 0.5) is 0 Å². The van der Waals surface area contributed by atoms with Gasteiger partial charge in [-0.15, -0.1) is 0 Å². The first-order chi connectivity index (χ1) is 10.2. The van der Waals surface area contributed by atoms with Gasteiger partial charge in [-0.05, 0) is 26.2 Å². The molecule has 0 saturated carbocycles. The molecule has 1 atom stereocenters. The molecular weight excluding hydrogens is 270 g/mol. The van der Waals surface area contributed by atoms with Crippen molar-refractivity contribution in [1.82, 2.24) is 24.8 Å². The summed E-state index contributed by atoms with van der Waals surface area (Å²) in [6.45, 7) is 3.39. The Morgan fingerprint density at radius 1 is 1.52 bits per heavy atom. The molecule has 0 bridgehead atoms. The Hall–Kier alpha value is -2.18. The van der Waals surface area contributed by atoms with Crippen LogP contribution in [0.25, 0.3) is 0 Å². The largest absolute Gasteiger partial charge is 0.361 e. The van der Waals surface area contributed by atoms with E-state index in [1.165, 1.54) is 6.33 Å². The summed E-state index contributed by atoms with van der Waals surface area (Å²) >= 11 is 0. The van der Waals surface area contributed by atoms with Gasteiger partial charge in [0.15, 0.2) is 0 Å². The molecule has 1 amide bonds. The second-order valence-corrected chi connectivity index (χ2v) is 5.37. The first kappa shape index (κ1) is 13.8. The maximum absolute atomic E-state index is 12.4. The molecule has 112 valence electrons. The van der Waals surface area contributed by atoms with E-state index in [2.05, 4.69) is 15.2 Å². The molecule has 1 aliphatic rings. The Balaban J connectivity index is 1.55. The number of carbonyl (C=O) groups is 1. The highest BCUT2D eigenvalue weighted by molar-refractivity contribution is 5.76. The van der Waals surface area contributed by atoms with E-state index in [9.17, 15) is 4.79 Å². The fraction of sp³-hybridized carbons (Fsp3) is 0.571. The highest BCUT2D eigenvalue weighted by Crippen LogP contribution is 2.32. The normalized spacial score (nSPS) is 18.3. The summed E-state index contributed by atoms with van der Waals surface area (Å²) in [5, 5.41) is 8.09. The van der Waals surface area contributed by atoms with Crippen molar-refractivity contribution >= 4 is 5.91 Å². The molecule has 0 N–H and O–H groups in total. The van der Waals surface area contributed by atoms with Gasteiger partial charge in [0.05, 0.1) is 6.04 Å². The van der Waals surface area contributed by atoms with E-state index < -0.39 is 0 Å². The van der Waals surface area contributed by atoms with Crippen molar-refractivity contribution in [2.45, 2.75) is 45.2 Å². The lowest BCUT2D eigenvalue weighted by Crippen LogP contribution is -2.30. The molecule has 0 unspecified atom stereocenters. The average molecular weight is 289 g/mol. The molecule has 21 heavy (non-hydrogen) atoms. The van der Waals surface area contributed by atoms with Crippen LogP contribution in [0.3, 0.4) is 0 Å². The summed E-state index contributed by atoms with van der Waals surface area (Å²) in [6.07, 6.45) is 6.44. The van der Waals surface area contributed by atoms with Gasteiger partial charge in [0.2, 0.25) is 5.91 Å². The molecule has 0 aromatic carbocycles. The van der Waals surface area contributed by atoms with Crippen molar-refractivity contribution in [2.24, 2.45) is 0 Å². The molecule has 0 radical (unpaired) electrons. The smallest absolute Gasteiger partial charge is 0.223 e. The van der Waals surface area contributed by atoms with Crippen LogP contribution < -0.4 is 0 Å². The van der Waals surface area contributed by atoms with E-state index in [4.69, 9.17) is 4.52 Å². The van der Waals surface area contributed by atoms with Gasteiger partial charge in [-0.25, -0.2) is 4.98 Å². The second-order valence-electron chi connectivity index (χ2n) is 5.37. The Labute approximate surface area is 122 Å². The van der Waals surface area contributed by atoms with Crippen LogP contribution in [0.1, 0.15) is 43.2 Å². The van der Waals surface area contributed by atoms with Crippen LogP contribution in [-0.2, 0) is 11.3 Å². The summed E-state index contributed by atoms with van der Waals surface area (Å²) < 4.78 is 6.87. The van der Waals surface area contributed by atoms with Crippen LogP contribution in [0.2, 0.25) is 0 Å². The van der Waals surface area contributed by atoms with E-state index in [1.807, 2.05) is 17.9 Å². The van der Waals surface area contributed by atoms with E-state index in [1.54, 1.807) is 11.0 Å². The molecule has 2 aromatic heterocycles. The summed E-state index contributed by atoms with van der Waals surface area (Å²) in [5.74, 6) is 0.966. The van der Waals surface area contributed by atoms with Crippen LogP contribution in [0.5, 0.6) is 0 Å². The van der Waals surface area contributed by atoms with E-state index in [0.29, 0.717) is 13.0 Å². The number of rotatable bonds is 5. The number of aromatic nitrogens is 4. The fourth-order valence-corrected chi connectivity index (χ4v) is 2.80. The highest BCUT2D eigenvalue weighted by atomic mass is 16.5. The van der Waals surface area contributed by atoms with Crippen molar-refractivity contribution in [3.8, 4) is 0 Å². The first-order valence-corrected chi connectivity index (χ1v) is 7.29. The van der Waals surface area contributed by atoms with Crippen molar-refractivity contribution < 1.29 is 9.32 Å². The average Bonchev–Trinajstić information content (AvgIpc) is 3.18. The SMILES string of the molecule is Cc1cc([C@H]2CCCN2C(=O)CCCn2cncn2)no1. The summed E-state index contributed by atoms with van der Waals surface area (Å²) in [5.41, 5.74) is 0.870. The number of likely N-dealkylation sites (tertiary alicyclic amines) is 1. The maximum Gasteiger partial charge on any atom is 0.223 e. The van der Waals surface area contributed by atoms with Gasteiger partial charge in [0.1, 0.15) is 24.1 Å². The van der Waals surface area contributed by atoms with Gasteiger partial charge in [-0.2, -0.15) is 5.10 Å². The third kappa shape index (κ3) is 3.12. The highest BCUT2D eigenvalue weighted by Gasteiger charge is 2.31. The quantitative estimate of drug-likeness (QED) is 0.837. The van der Waals surface area contributed by atoms with Gasteiger partial charge in [0, 0.05) is 25.6 Å². The predicted octanol–water partition coefficient (Wildman–Crippen LogP) is 1.72. The van der Waals surface area contributed by atoms with Crippen molar-refractivity contribution in [2.75, 3.05) is 6.54 Å². The summed E-state index contributed by atoms with van der Waals surface area (Å²) in [7, 11) is 0. The number of hydrogen-bond donors (Lipinski definition) is 0. The van der Waals surface area contributed by atoms with Crippen LogP contribution in [0.15, 0.2) is 23.2 Å². The lowest BCUT2D eigenvalue weighted by atomic mass is 10.1. The van der Waals surface area contributed by atoms with Crippen LogP contribution >= 0.6 is 0 Å². The Kier molecular flexibility index (Phi) is 3.98. The van der Waals surface area contributed by atoms with E-state index >= 15 is 0 Å². The van der Waals surface area contributed by atoms with Gasteiger partial charge in [0.25, 0.3) is 0 Å². The third-order valence-electron chi connectivity index (χ3n) is 3.81. The molecule has 1 saturated heterocycles. The molecule has 1 fully saturated rings. The lowest BCUT2D eigenvalue weighted by molar-refractivity contribution is -0.132. The zero-order valence-electron chi connectivity index (χ0n) is 12.1. The maximum atomic E-state index is 12.4. The fourth-order valence-electron chi connectivity index (χ4n) is 2.80. The Bertz CT molecular complexity index is 592. The van der Waals surface area contributed by atoms with Crippen molar-refractivity contribution in [3.63, 3.8) is 0 Å². The Morgan fingerprint density at radius 2 is 2.43 bits per heavy atom. The minimum Gasteiger partial charge on any atom is -0.361 e. The minimum absolute atomic E-state index is 0.0707. The van der Waals surface area contributed by atoms with Gasteiger partial charge < -0.3 is 9.42 Å². The van der Waals surface area contributed by atoms with E-state index in [0.717, 1.165) is 37.3 Å². The van der Waals surface area contributed by atoms with E-state index in [-0.39, 0.29) is 11.9 Å². The van der Waals surface area contributed by atoms with Crippen LogP contribution in [-0.4, -0.2) is 37.3 Å². The number of aryl methyl sites for hydroxylation is 2. The van der Waals surface area contributed by atoms with Crippen molar-refractivity contribution in [1.29, 1.82) is 0 Å². The minimum atomic E-state index is 0.0707. The number of carbonyl (C=O) groups excluding carboxylic acids is 1. The molecule has 0 spiro atoms. The zero-order chi connectivity index (χ0) is 14.7. The second kappa shape index (κ2) is 6.07. The van der Waals surface area contributed by atoms with Gasteiger partial charge in [-0.1, -0.05) is 5.16 Å². The zero-order valence-corrected chi connectivity index (χ0v) is 12.1. The molecule has 0 aliphatic carbocycles. The number of amides is 1. The molecule has 3 heterocycles.